The minimum atomic E-state index is 0.720. The van der Waals surface area contributed by atoms with Crippen molar-refractivity contribution in [3.05, 3.63) is 17.5 Å². The van der Waals surface area contributed by atoms with Gasteiger partial charge in [-0.25, -0.2) is 0 Å². The normalized spacial score (nSPS) is 18.2. The maximum atomic E-state index is 4.49. The first-order chi connectivity index (χ1) is 8.29. The zero-order valence-corrected chi connectivity index (χ0v) is 11.2. The fourth-order valence-electron chi connectivity index (χ4n) is 2.64. The van der Waals surface area contributed by atoms with Crippen molar-refractivity contribution in [1.82, 2.24) is 15.1 Å². The van der Waals surface area contributed by atoms with Crippen molar-refractivity contribution in [3.8, 4) is 0 Å². The van der Waals surface area contributed by atoms with Crippen molar-refractivity contribution in [2.75, 3.05) is 0 Å². The van der Waals surface area contributed by atoms with E-state index in [4.69, 9.17) is 0 Å². The molecule has 1 heterocycles. The third kappa shape index (κ3) is 3.56. The van der Waals surface area contributed by atoms with Gasteiger partial charge in [0.2, 0.25) is 0 Å². The fourth-order valence-corrected chi connectivity index (χ4v) is 2.64. The Hall–Kier alpha value is -0.830. The molecule has 0 atom stereocenters. The molecule has 0 radical (unpaired) electrons. The molecule has 0 spiro atoms. The molecule has 96 valence electrons. The summed E-state index contributed by atoms with van der Waals surface area (Å²) in [5, 5.41) is 8.18. The monoisotopic (exact) mass is 235 g/mol. The highest BCUT2D eigenvalue weighted by molar-refractivity contribution is 5.10. The number of hydrogen-bond acceptors (Lipinski definition) is 2. The third-order valence-electron chi connectivity index (χ3n) is 3.82. The van der Waals surface area contributed by atoms with Gasteiger partial charge in [-0.2, -0.15) is 5.10 Å². The lowest BCUT2D eigenvalue weighted by atomic mass is 10.1. The zero-order valence-electron chi connectivity index (χ0n) is 11.2. The Kier molecular flexibility index (Phi) is 4.60. The summed E-state index contributed by atoms with van der Waals surface area (Å²) >= 11 is 0. The Morgan fingerprint density at radius 1 is 1.29 bits per heavy atom. The Labute approximate surface area is 105 Å². The van der Waals surface area contributed by atoms with Crippen LogP contribution < -0.4 is 5.32 Å². The van der Waals surface area contributed by atoms with Crippen molar-refractivity contribution in [2.24, 2.45) is 7.05 Å². The molecule has 0 bridgehead atoms. The summed E-state index contributed by atoms with van der Waals surface area (Å²) < 4.78 is 2.02. The second-order valence-electron chi connectivity index (χ2n) is 5.17. The van der Waals surface area contributed by atoms with Crippen LogP contribution in [0, 0.1) is 0 Å². The summed E-state index contributed by atoms with van der Waals surface area (Å²) in [5.41, 5.74) is 2.51. The van der Waals surface area contributed by atoms with Gasteiger partial charge in [0, 0.05) is 19.6 Å². The van der Waals surface area contributed by atoms with Crippen LogP contribution in [0.5, 0.6) is 0 Å². The maximum absolute atomic E-state index is 4.49. The van der Waals surface area contributed by atoms with E-state index in [0.29, 0.717) is 0 Å². The van der Waals surface area contributed by atoms with Crippen molar-refractivity contribution in [3.63, 3.8) is 0 Å². The highest BCUT2D eigenvalue weighted by Crippen LogP contribution is 2.17. The minimum absolute atomic E-state index is 0.720. The molecule has 0 saturated heterocycles. The molecule has 0 aromatic carbocycles. The van der Waals surface area contributed by atoms with Crippen molar-refractivity contribution >= 4 is 0 Å². The average Bonchev–Trinajstić information content (AvgIpc) is 2.55. The van der Waals surface area contributed by atoms with Gasteiger partial charge in [0.15, 0.2) is 0 Å². The number of aryl methyl sites for hydroxylation is 2. The van der Waals surface area contributed by atoms with Crippen LogP contribution in [0.15, 0.2) is 6.07 Å². The molecule has 1 aromatic rings. The predicted octanol–water partition coefficient (Wildman–Crippen LogP) is 2.79. The molecular formula is C14H25N3. The quantitative estimate of drug-likeness (QED) is 0.813. The summed E-state index contributed by atoms with van der Waals surface area (Å²) in [6.45, 7) is 3.12. The second-order valence-corrected chi connectivity index (χ2v) is 5.17. The van der Waals surface area contributed by atoms with Gasteiger partial charge in [-0.1, -0.05) is 32.6 Å². The molecule has 17 heavy (non-hydrogen) atoms. The summed E-state index contributed by atoms with van der Waals surface area (Å²) in [7, 11) is 2.04. The van der Waals surface area contributed by atoms with E-state index in [1.165, 1.54) is 49.9 Å². The summed E-state index contributed by atoms with van der Waals surface area (Å²) in [6.07, 6.45) is 9.34. The molecule has 3 heteroatoms. The molecule has 1 saturated carbocycles. The predicted molar refractivity (Wildman–Crippen MR) is 70.9 cm³/mol. The van der Waals surface area contributed by atoms with E-state index in [2.05, 4.69) is 23.4 Å². The highest BCUT2D eigenvalue weighted by Gasteiger charge is 2.12. The lowest BCUT2D eigenvalue weighted by Crippen LogP contribution is -2.28. The van der Waals surface area contributed by atoms with Crippen molar-refractivity contribution in [1.29, 1.82) is 0 Å². The second kappa shape index (κ2) is 6.20. The Morgan fingerprint density at radius 2 is 2.00 bits per heavy atom. The van der Waals surface area contributed by atoms with Gasteiger partial charge in [-0.15, -0.1) is 0 Å². The van der Waals surface area contributed by atoms with E-state index in [1.807, 2.05) is 11.7 Å². The zero-order chi connectivity index (χ0) is 12.1. The van der Waals surface area contributed by atoms with Crippen LogP contribution in [0.25, 0.3) is 0 Å². The van der Waals surface area contributed by atoms with E-state index in [0.717, 1.165) is 19.0 Å². The number of nitrogens with one attached hydrogen (secondary N) is 1. The van der Waals surface area contributed by atoms with Crippen LogP contribution >= 0.6 is 0 Å². The summed E-state index contributed by atoms with van der Waals surface area (Å²) in [6, 6.07) is 2.95. The standard InChI is InChI=1S/C14H25N3/c1-3-12-10-14(17(2)16-12)11-15-13-8-6-4-5-7-9-13/h10,13,15H,3-9,11H2,1-2H3. The van der Waals surface area contributed by atoms with Crippen molar-refractivity contribution in [2.45, 2.75) is 64.5 Å². The first-order valence-corrected chi connectivity index (χ1v) is 7.04. The first-order valence-electron chi connectivity index (χ1n) is 7.04. The minimum Gasteiger partial charge on any atom is -0.308 e. The van der Waals surface area contributed by atoms with Crippen LogP contribution in [-0.2, 0) is 20.0 Å². The molecule has 1 N–H and O–H groups in total. The number of hydrogen-bond donors (Lipinski definition) is 1. The summed E-state index contributed by atoms with van der Waals surface area (Å²) in [4.78, 5) is 0. The van der Waals surface area contributed by atoms with Crippen LogP contribution in [0.4, 0.5) is 0 Å². The van der Waals surface area contributed by atoms with Gasteiger partial charge >= 0.3 is 0 Å². The SMILES string of the molecule is CCc1cc(CNC2CCCCCC2)n(C)n1. The topological polar surface area (TPSA) is 29.9 Å². The Balaban J connectivity index is 1.85. The van der Waals surface area contributed by atoms with E-state index in [-0.39, 0.29) is 0 Å². The molecule has 1 fully saturated rings. The molecule has 0 aliphatic heterocycles. The van der Waals surface area contributed by atoms with Gasteiger partial charge in [-0.3, -0.25) is 4.68 Å². The highest BCUT2D eigenvalue weighted by atomic mass is 15.3. The number of aromatic nitrogens is 2. The van der Waals surface area contributed by atoms with Gasteiger partial charge in [0.05, 0.1) is 11.4 Å². The van der Waals surface area contributed by atoms with Gasteiger partial charge in [0.1, 0.15) is 0 Å². The lowest BCUT2D eigenvalue weighted by Gasteiger charge is -2.15. The van der Waals surface area contributed by atoms with E-state index < -0.39 is 0 Å². The molecule has 3 nitrogen and oxygen atoms in total. The molecule has 0 amide bonds. The Bertz CT molecular complexity index is 335. The Morgan fingerprint density at radius 3 is 2.59 bits per heavy atom. The molecular weight excluding hydrogens is 210 g/mol. The number of nitrogens with zero attached hydrogens (tertiary/aromatic N) is 2. The number of rotatable bonds is 4. The van der Waals surface area contributed by atoms with Gasteiger partial charge < -0.3 is 5.32 Å². The van der Waals surface area contributed by atoms with Gasteiger partial charge in [0.25, 0.3) is 0 Å². The average molecular weight is 235 g/mol. The lowest BCUT2D eigenvalue weighted by molar-refractivity contribution is 0.450. The van der Waals surface area contributed by atoms with E-state index >= 15 is 0 Å². The van der Waals surface area contributed by atoms with E-state index in [9.17, 15) is 0 Å². The van der Waals surface area contributed by atoms with Crippen LogP contribution in [0.1, 0.15) is 56.8 Å². The summed E-state index contributed by atoms with van der Waals surface area (Å²) in [5.74, 6) is 0. The van der Waals surface area contributed by atoms with E-state index in [1.54, 1.807) is 0 Å². The molecule has 0 unspecified atom stereocenters. The van der Waals surface area contributed by atoms with Gasteiger partial charge in [-0.05, 0) is 25.3 Å². The molecule has 1 aliphatic carbocycles. The fraction of sp³-hybridized carbons (Fsp3) is 0.786. The van der Waals surface area contributed by atoms with Crippen LogP contribution in [0.3, 0.4) is 0 Å². The third-order valence-corrected chi connectivity index (χ3v) is 3.82. The van der Waals surface area contributed by atoms with Crippen LogP contribution in [0.2, 0.25) is 0 Å². The first kappa shape index (κ1) is 12.6. The molecule has 1 aliphatic rings. The maximum Gasteiger partial charge on any atom is 0.0625 e. The van der Waals surface area contributed by atoms with Crippen LogP contribution in [-0.4, -0.2) is 15.8 Å². The molecule has 2 rings (SSSR count). The van der Waals surface area contributed by atoms with Crippen molar-refractivity contribution < 1.29 is 0 Å². The molecule has 1 aromatic heterocycles. The smallest absolute Gasteiger partial charge is 0.0625 e. The largest absolute Gasteiger partial charge is 0.308 e.